The summed E-state index contributed by atoms with van der Waals surface area (Å²) in [6.45, 7) is 7.80. The van der Waals surface area contributed by atoms with Gasteiger partial charge in [0.2, 0.25) is 0 Å². The fraction of sp³-hybridized carbons (Fsp3) is 0.533. The van der Waals surface area contributed by atoms with Gasteiger partial charge < -0.3 is 15.2 Å². The molecule has 0 aliphatic carbocycles. The Kier molecular flexibility index (Phi) is 3.09. The molecule has 0 saturated heterocycles. The summed E-state index contributed by atoms with van der Waals surface area (Å²) in [6, 6.07) is 3.94. The number of aryl methyl sites for hydroxylation is 2. The molecule has 104 valence electrons. The molecule has 1 atom stereocenters. The Hall–Kier alpha value is -1.55. The lowest BCUT2D eigenvalue weighted by Crippen LogP contribution is -2.55. The summed E-state index contributed by atoms with van der Waals surface area (Å²) in [5.74, 6) is 0.282. The minimum Gasteiger partial charge on any atom is -0.487 e. The fourth-order valence-corrected chi connectivity index (χ4v) is 2.86. The zero-order valence-corrected chi connectivity index (χ0v) is 12.2. The van der Waals surface area contributed by atoms with Gasteiger partial charge in [-0.25, -0.2) is 4.79 Å². The molecule has 1 aromatic rings. The number of methoxy groups -OCH3 is 1. The third-order valence-electron chi connectivity index (χ3n) is 3.53. The Morgan fingerprint density at radius 3 is 2.58 bits per heavy atom. The monoisotopic (exact) mass is 263 g/mol. The second-order valence-corrected chi connectivity index (χ2v) is 5.96. The molecular formula is C15H21NO3. The maximum Gasteiger partial charge on any atom is 0.330 e. The number of fused-ring (bicyclic) bond motifs is 1. The van der Waals surface area contributed by atoms with Crippen LogP contribution in [0.15, 0.2) is 12.1 Å². The topological polar surface area (TPSA) is 61.5 Å². The zero-order valence-electron chi connectivity index (χ0n) is 12.2. The number of nitrogens with two attached hydrogens (primary N) is 1. The molecule has 0 fully saturated rings. The Morgan fingerprint density at radius 2 is 2.00 bits per heavy atom. The van der Waals surface area contributed by atoms with Crippen molar-refractivity contribution < 1.29 is 14.3 Å². The average Bonchev–Trinajstić information content (AvgIpc) is 2.29. The molecule has 0 radical (unpaired) electrons. The fourth-order valence-electron chi connectivity index (χ4n) is 2.86. The maximum absolute atomic E-state index is 12.2. The summed E-state index contributed by atoms with van der Waals surface area (Å²) < 4.78 is 10.9. The average molecular weight is 263 g/mol. The first-order chi connectivity index (χ1) is 8.69. The highest BCUT2D eigenvalue weighted by atomic mass is 16.5. The molecule has 4 nitrogen and oxygen atoms in total. The molecule has 0 aromatic heterocycles. The summed E-state index contributed by atoms with van der Waals surface area (Å²) in [7, 11) is 1.36. The smallest absolute Gasteiger partial charge is 0.330 e. The highest BCUT2D eigenvalue weighted by Crippen LogP contribution is 2.44. The number of benzene rings is 1. The largest absolute Gasteiger partial charge is 0.487 e. The van der Waals surface area contributed by atoms with Crippen molar-refractivity contribution in [3.8, 4) is 5.75 Å². The van der Waals surface area contributed by atoms with Crippen LogP contribution < -0.4 is 10.5 Å². The lowest BCUT2D eigenvalue weighted by Gasteiger charge is -2.42. The van der Waals surface area contributed by atoms with E-state index in [2.05, 4.69) is 0 Å². The Morgan fingerprint density at radius 1 is 1.37 bits per heavy atom. The Labute approximate surface area is 113 Å². The normalized spacial score (nSPS) is 24.3. The van der Waals surface area contributed by atoms with Gasteiger partial charge in [0.15, 0.2) is 0 Å². The standard InChI is InChI=1S/C15H21NO3/c1-9-6-10(2)12-11(7-9)15(16,13(17)18-5)8-14(3,4)19-12/h6-7H,8,16H2,1-5H3. The van der Waals surface area contributed by atoms with Crippen molar-refractivity contribution in [3.63, 3.8) is 0 Å². The van der Waals surface area contributed by atoms with Crippen molar-refractivity contribution in [1.82, 2.24) is 0 Å². The van der Waals surface area contributed by atoms with Crippen LogP contribution in [0.5, 0.6) is 5.75 Å². The summed E-state index contributed by atoms with van der Waals surface area (Å²) >= 11 is 0. The molecule has 4 heteroatoms. The van der Waals surface area contributed by atoms with Crippen molar-refractivity contribution in [2.24, 2.45) is 5.73 Å². The van der Waals surface area contributed by atoms with Crippen molar-refractivity contribution in [1.29, 1.82) is 0 Å². The molecular weight excluding hydrogens is 242 g/mol. The second kappa shape index (κ2) is 4.23. The number of rotatable bonds is 1. The van der Waals surface area contributed by atoms with E-state index in [0.29, 0.717) is 12.2 Å². The molecule has 19 heavy (non-hydrogen) atoms. The number of carbonyl (C=O) groups is 1. The first-order valence-electron chi connectivity index (χ1n) is 6.38. The molecule has 0 amide bonds. The van der Waals surface area contributed by atoms with Crippen LogP contribution >= 0.6 is 0 Å². The van der Waals surface area contributed by atoms with Gasteiger partial charge in [0.05, 0.1) is 7.11 Å². The van der Waals surface area contributed by atoms with E-state index >= 15 is 0 Å². The van der Waals surface area contributed by atoms with Crippen LogP contribution in [0, 0.1) is 13.8 Å². The van der Waals surface area contributed by atoms with E-state index in [0.717, 1.165) is 16.7 Å². The van der Waals surface area contributed by atoms with Gasteiger partial charge in [-0.3, -0.25) is 0 Å². The van der Waals surface area contributed by atoms with Crippen LogP contribution in [0.2, 0.25) is 0 Å². The second-order valence-electron chi connectivity index (χ2n) is 5.96. The van der Waals surface area contributed by atoms with Gasteiger partial charge in [0.25, 0.3) is 0 Å². The van der Waals surface area contributed by atoms with E-state index in [1.807, 2.05) is 39.8 Å². The molecule has 1 aromatic carbocycles. The van der Waals surface area contributed by atoms with Crippen LogP contribution in [0.4, 0.5) is 0 Å². The van der Waals surface area contributed by atoms with Crippen LogP contribution in [0.3, 0.4) is 0 Å². The van der Waals surface area contributed by atoms with Crippen LogP contribution in [-0.4, -0.2) is 18.7 Å². The van der Waals surface area contributed by atoms with Gasteiger partial charge in [-0.15, -0.1) is 0 Å². The van der Waals surface area contributed by atoms with E-state index < -0.39 is 17.1 Å². The van der Waals surface area contributed by atoms with E-state index in [1.54, 1.807) is 0 Å². The van der Waals surface area contributed by atoms with Crippen molar-refractivity contribution in [3.05, 3.63) is 28.8 Å². The third-order valence-corrected chi connectivity index (χ3v) is 3.53. The van der Waals surface area contributed by atoms with E-state index in [-0.39, 0.29) is 0 Å². The lowest BCUT2D eigenvalue weighted by molar-refractivity contribution is -0.151. The first kappa shape index (κ1) is 13.9. The van der Waals surface area contributed by atoms with Crippen LogP contribution in [0.1, 0.15) is 37.0 Å². The Balaban J connectivity index is 2.70. The van der Waals surface area contributed by atoms with Gasteiger partial charge >= 0.3 is 5.97 Å². The number of esters is 1. The summed E-state index contributed by atoms with van der Waals surface area (Å²) in [5, 5.41) is 0. The molecule has 1 aliphatic heterocycles. The van der Waals surface area contributed by atoms with E-state index in [1.165, 1.54) is 7.11 Å². The zero-order chi connectivity index (χ0) is 14.4. The molecule has 0 spiro atoms. The third kappa shape index (κ3) is 2.21. The number of hydrogen-bond acceptors (Lipinski definition) is 4. The lowest BCUT2D eigenvalue weighted by atomic mass is 9.77. The molecule has 0 bridgehead atoms. The number of ether oxygens (including phenoxy) is 2. The van der Waals surface area contributed by atoms with Crippen molar-refractivity contribution in [2.75, 3.05) is 7.11 Å². The molecule has 2 N–H and O–H groups in total. The molecule has 1 aliphatic rings. The van der Waals surface area contributed by atoms with Crippen LogP contribution in [0.25, 0.3) is 0 Å². The molecule has 1 unspecified atom stereocenters. The molecule has 1 heterocycles. The summed E-state index contributed by atoms with van der Waals surface area (Å²) in [4.78, 5) is 12.2. The van der Waals surface area contributed by atoms with E-state index in [9.17, 15) is 4.79 Å². The minimum atomic E-state index is -1.15. The van der Waals surface area contributed by atoms with Gasteiger partial charge in [0.1, 0.15) is 16.9 Å². The highest BCUT2D eigenvalue weighted by Gasteiger charge is 2.49. The van der Waals surface area contributed by atoms with Crippen molar-refractivity contribution in [2.45, 2.75) is 45.3 Å². The maximum atomic E-state index is 12.2. The Bertz CT molecular complexity index is 536. The number of carbonyl (C=O) groups excluding carboxylic acids is 1. The van der Waals surface area contributed by atoms with E-state index in [4.69, 9.17) is 15.2 Å². The van der Waals surface area contributed by atoms with Crippen LogP contribution in [-0.2, 0) is 15.1 Å². The number of hydrogen-bond donors (Lipinski definition) is 1. The predicted octanol–water partition coefficient (Wildman–Crippen LogP) is 2.19. The van der Waals surface area contributed by atoms with Gasteiger partial charge in [0, 0.05) is 12.0 Å². The van der Waals surface area contributed by atoms with Gasteiger partial charge in [-0.05, 0) is 39.3 Å². The molecule has 0 saturated carbocycles. The first-order valence-corrected chi connectivity index (χ1v) is 6.38. The van der Waals surface area contributed by atoms with Crippen molar-refractivity contribution >= 4 is 5.97 Å². The predicted molar refractivity (Wildman–Crippen MR) is 73.1 cm³/mol. The minimum absolute atomic E-state index is 0.391. The SMILES string of the molecule is COC(=O)C1(N)CC(C)(C)Oc2c(C)cc(C)cc21. The van der Waals surface area contributed by atoms with Gasteiger partial charge in [-0.1, -0.05) is 11.6 Å². The summed E-state index contributed by atoms with van der Waals surface area (Å²) in [6.07, 6.45) is 0.391. The quantitative estimate of drug-likeness (QED) is 0.789. The summed E-state index contributed by atoms with van der Waals surface area (Å²) in [5.41, 5.74) is 7.49. The highest BCUT2D eigenvalue weighted by molar-refractivity contribution is 5.84. The molecule has 2 rings (SSSR count). The van der Waals surface area contributed by atoms with Gasteiger partial charge in [-0.2, -0.15) is 0 Å².